The minimum Gasteiger partial charge on any atom is -0.304 e. The van der Waals surface area contributed by atoms with Gasteiger partial charge in [-0.1, -0.05) is 155 Å². The number of benzene rings is 6. The quantitative estimate of drug-likeness (QED) is 0.150. The van der Waals surface area contributed by atoms with E-state index in [2.05, 4.69) is 167 Å². The molecule has 0 bridgehead atoms. The van der Waals surface area contributed by atoms with Crippen LogP contribution in [0.25, 0.3) is 78.8 Å². The minimum absolute atomic E-state index is 0. The van der Waals surface area contributed by atoms with Crippen LogP contribution >= 0.6 is 0 Å². The summed E-state index contributed by atoms with van der Waals surface area (Å²) in [6, 6.07) is 54.6. The summed E-state index contributed by atoms with van der Waals surface area (Å²) in [6.07, 6.45) is 1.84. The molecule has 0 fully saturated rings. The van der Waals surface area contributed by atoms with Gasteiger partial charge in [-0.3, -0.25) is 0 Å². The Morgan fingerprint density at radius 3 is 1.09 bits per heavy atom. The molecule has 1 radical (unpaired) electrons. The van der Waals surface area contributed by atoms with Crippen molar-refractivity contribution in [2.75, 3.05) is 0 Å². The van der Waals surface area contributed by atoms with Gasteiger partial charge in [-0.15, -0.1) is 29.8 Å². The summed E-state index contributed by atoms with van der Waals surface area (Å²) in [5, 5.41) is 0. The first-order valence-corrected chi connectivity index (χ1v) is 17.5. The van der Waals surface area contributed by atoms with E-state index in [1.165, 1.54) is 44.5 Å². The Morgan fingerprint density at radius 2 is 0.717 bits per heavy atom. The molecule has 53 heavy (non-hydrogen) atoms. The molecule has 0 saturated heterocycles. The van der Waals surface area contributed by atoms with Crippen molar-refractivity contribution in [1.82, 2.24) is 19.9 Å². The van der Waals surface area contributed by atoms with Crippen LogP contribution in [0.15, 0.2) is 152 Å². The van der Waals surface area contributed by atoms with E-state index < -0.39 is 0 Å². The smallest absolute Gasteiger partial charge is 0.165 e. The van der Waals surface area contributed by atoms with Gasteiger partial charge >= 0.3 is 0 Å². The number of aromatic nitrogens is 4. The van der Waals surface area contributed by atoms with Crippen LogP contribution in [0.3, 0.4) is 0 Å². The fourth-order valence-corrected chi connectivity index (χ4v) is 6.24. The SMILES string of the molecule is Cc1ccc(-c2cc(-c3c[c-]c(-c4ccc(-c5nc(-c6ccc(C)cc6)nc(-c6ccc(C)cc6)n5)cn4)cc3)cc(-c3ccc(C)cc3)c2)cc1.[Ir]. The first kappa shape index (κ1) is 35.5. The molecule has 2 heterocycles. The summed E-state index contributed by atoms with van der Waals surface area (Å²) in [6.45, 7) is 8.39. The zero-order chi connectivity index (χ0) is 35.6. The Labute approximate surface area is 325 Å². The molecule has 0 saturated carbocycles. The van der Waals surface area contributed by atoms with Crippen LogP contribution in [-0.4, -0.2) is 19.9 Å². The molecule has 0 spiro atoms. The Kier molecular flexibility index (Phi) is 10.3. The van der Waals surface area contributed by atoms with Gasteiger partial charge in [-0.2, -0.15) is 0 Å². The standard InChI is InChI=1S/C48H37N4.Ir/c1-31-5-13-35(14-6-31)42-27-43(36-15-7-32(2)8-16-36)29-44(28-42)37-21-23-38(24-22-37)45-26-25-41(30-49-45)48-51-46(39-17-9-33(3)10-18-39)50-47(52-48)40-19-11-34(4)12-20-40;/h5-23,25-30H,1-4H3;/q-1;. The van der Waals surface area contributed by atoms with E-state index in [1.807, 2.05) is 18.3 Å². The van der Waals surface area contributed by atoms with Crippen molar-refractivity contribution in [1.29, 1.82) is 0 Å². The third kappa shape index (κ3) is 7.98. The first-order chi connectivity index (χ1) is 25.3. The van der Waals surface area contributed by atoms with Gasteiger partial charge in [0.25, 0.3) is 0 Å². The molecule has 0 aliphatic heterocycles. The topological polar surface area (TPSA) is 51.6 Å². The van der Waals surface area contributed by atoms with Crippen LogP contribution in [-0.2, 0) is 20.1 Å². The second kappa shape index (κ2) is 15.4. The van der Waals surface area contributed by atoms with Crippen molar-refractivity contribution in [3.63, 3.8) is 0 Å². The third-order valence-corrected chi connectivity index (χ3v) is 9.40. The van der Waals surface area contributed by atoms with Gasteiger partial charge in [-0.25, -0.2) is 15.0 Å². The molecule has 0 N–H and O–H groups in total. The fraction of sp³-hybridized carbons (Fsp3) is 0.0833. The second-order valence-electron chi connectivity index (χ2n) is 13.5. The van der Waals surface area contributed by atoms with Crippen molar-refractivity contribution >= 4 is 0 Å². The van der Waals surface area contributed by atoms with Gasteiger partial charge < -0.3 is 4.98 Å². The molecule has 5 heteroatoms. The van der Waals surface area contributed by atoms with Crippen molar-refractivity contribution in [2.45, 2.75) is 27.7 Å². The molecule has 0 aliphatic carbocycles. The predicted molar refractivity (Wildman–Crippen MR) is 213 cm³/mol. The summed E-state index contributed by atoms with van der Waals surface area (Å²) < 4.78 is 0. The number of hydrogen-bond acceptors (Lipinski definition) is 4. The maximum Gasteiger partial charge on any atom is 0.165 e. The van der Waals surface area contributed by atoms with E-state index in [0.717, 1.165) is 39.1 Å². The van der Waals surface area contributed by atoms with Gasteiger partial charge in [0.2, 0.25) is 0 Å². The zero-order valence-electron chi connectivity index (χ0n) is 30.1. The normalized spacial score (nSPS) is 10.9. The van der Waals surface area contributed by atoms with Crippen LogP contribution in [0.4, 0.5) is 0 Å². The Morgan fingerprint density at radius 1 is 0.358 bits per heavy atom. The van der Waals surface area contributed by atoms with Crippen molar-refractivity contribution in [3.8, 4) is 78.8 Å². The molecule has 8 rings (SSSR count). The molecule has 259 valence electrons. The van der Waals surface area contributed by atoms with Crippen molar-refractivity contribution in [3.05, 3.63) is 180 Å². The van der Waals surface area contributed by atoms with Crippen molar-refractivity contribution in [2.24, 2.45) is 0 Å². The molecule has 6 aromatic carbocycles. The van der Waals surface area contributed by atoms with E-state index in [9.17, 15) is 0 Å². The molecule has 2 aromatic heterocycles. The summed E-state index contributed by atoms with van der Waals surface area (Å²) >= 11 is 0. The van der Waals surface area contributed by atoms with E-state index in [-0.39, 0.29) is 20.1 Å². The van der Waals surface area contributed by atoms with Gasteiger partial charge in [0, 0.05) is 43.0 Å². The van der Waals surface area contributed by atoms with E-state index in [1.54, 1.807) is 0 Å². The van der Waals surface area contributed by atoms with E-state index in [4.69, 9.17) is 19.9 Å². The van der Waals surface area contributed by atoms with Crippen LogP contribution in [0.1, 0.15) is 22.3 Å². The average Bonchev–Trinajstić information content (AvgIpc) is 3.19. The molecule has 4 nitrogen and oxygen atoms in total. The van der Waals surface area contributed by atoms with Gasteiger partial charge in [-0.05, 0) is 61.7 Å². The van der Waals surface area contributed by atoms with Gasteiger partial charge in [0.05, 0.1) is 0 Å². The molecular weight excluding hydrogens is 825 g/mol. The second-order valence-corrected chi connectivity index (χ2v) is 13.5. The molecular formula is C48H37IrN4-. The monoisotopic (exact) mass is 862 g/mol. The Balaban J connectivity index is 0.00000435. The fourth-order valence-electron chi connectivity index (χ4n) is 6.24. The third-order valence-electron chi connectivity index (χ3n) is 9.40. The van der Waals surface area contributed by atoms with Crippen LogP contribution in [0.5, 0.6) is 0 Å². The van der Waals surface area contributed by atoms with Crippen LogP contribution in [0, 0.1) is 33.8 Å². The average molecular weight is 862 g/mol. The molecule has 0 atom stereocenters. The first-order valence-electron chi connectivity index (χ1n) is 17.5. The summed E-state index contributed by atoms with van der Waals surface area (Å²) in [4.78, 5) is 19.5. The minimum atomic E-state index is 0. The van der Waals surface area contributed by atoms with Crippen molar-refractivity contribution < 1.29 is 20.1 Å². The number of rotatable bonds is 7. The molecule has 0 unspecified atom stereocenters. The largest absolute Gasteiger partial charge is 0.304 e. The van der Waals surface area contributed by atoms with E-state index >= 15 is 0 Å². The number of hydrogen-bond donors (Lipinski definition) is 0. The number of pyridine rings is 1. The molecule has 8 aromatic rings. The molecule has 0 aliphatic rings. The zero-order valence-corrected chi connectivity index (χ0v) is 32.5. The summed E-state index contributed by atoms with van der Waals surface area (Å²) in [7, 11) is 0. The van der Waals surface area contributed by atoms with E-state index in [0.29, 0.717) is 17.5 Å². The van der Waals surface area contributed by atoms with Gasteiger partial charge in [0.1, 0.15) is 0 Å². The predicted octanol–water partition coefficient (Wildman–Crippen LogP) is 12.0. The maximum absolute atomic E-state index is 4.89. The number of nitrogens with zero attached hydrogens (tertiary/aromatic N) is 4. The Bertz CT molecular complexity index is 2180. The van der Waals surface area contributed by atoms with Crippen LogP contribution < -0.4 is 0 Å². The maximum atomic E-state index is 4.89. The van der Waals surface area contributed by atoms with Gasteiger partial charge in [0.15, 0.2) is 17.5 Å². The Hall–Kier alpha value is -5.87. The number of aryl methyl sites for hydroxylation is 4. The molecule has 0 amide bonds. The summed E-state index contributed by atoms with van der Waals surface area (Å²) in [5.74, 6) is 1.84. The summed E-state index contributed by atoms with van der Waals surface area (Å²) in [5.41, 5.74) is 16.3. The van der Waals surface area contributed by atoms with Crippen LogP contribution in [0.2, 0.25) is 0 Å².